The number of rotatable bonds is 6. The van der Waals surface area contributed by atoms with Crippen LogP contribution in [0.1, 0.15) is 62.0 Å². The van der Waals surface area contributed by atoms with Crippen LogP contribution in [-0.4, -0.2) is 10.1 Å². The van der Waals surface area contributed by atoms with Gasteiger partial charge in [-0.05, 0) is 42.5 Å². The summed E-state index contributed by atoms with van der Waals surface area (Å²) in [6.07, 6.45) is 6.27. The maximum Gasteiger partial charge on any atom is 0.123 e. The second kappa shape index (κ2) is 8.20. The Morgan fingerprint density at radius 3 is 2.42 bits per heavy atom. The van der Waals surface area contributed by atoms with Crippen molar-refractivity contribution in [2.75, 3.05) is 0 Å². The number of aliphatic hydroxyl groups is 1. The van der Waals surface area contributed by atoms with Crippen LogP contribution < -0.4 is 0 Å². The fourth-order valence-electron chi connectivity index (χ4n) is 2.94. The minimum absolute atomic E-state index is 0.0812. The van der Waals surface area contributed by atoms with Gasteiger partial charge in [-0.15, -0.1) is 0 Å². The van der Waals surface area contributed by atoms with Crippen molar-refractivity contribution in [1.29, 1.82) is 0 Å². The molecule has 0 bridgehead atoms. The molecule has 0 aliphatic heterocycles. The van der Waals surface area contributed by atoms with Gasteiger partial charge in [0.2, 0.25) is 0 Å². The molecule has 0 spiro atoms. The number of hydrogen-bond acceptors (Lipinski definition) is 2. The van der Waals surface area contributed by atoms with Crippen LogP contribution in [0.5, 0.6) is 0 Å². The van der Waals surface area contributed by atoms with Crippen molar-refractivity contribution in [3.63, 3.8) is 0 Å². The molecule has 3 heteroatoms. The number of benzene rings is 1. The Labute approximate surface area is 144 Å². The lowest BCUT2D eigenvalue weighted by Gasteiger charge is -2.20. The molecule has 1 aromatic heterocycles. The molecule has 1 aromatic carbocycles. The van der Waals surface area contributed by atoms with Gasteiger partial charge >= 0.3 is 0 Å². The van der Waals surface area contributed by atoms with E-state index in [4.69, 9.17) is 4.98 Å². The van der Waals surface area contributed by atoms with E-state index in [2.05, 4.69) is 32.9 Å². The van der Waals surface area contributed by atoms with Gasteiger partial charge in [-0.3, -0.25) is 4.98 Å². The summed E-state index contributed by atoms with van der Waals surface area (Å²) in [5, 5.41) is 10.0. The van der Waals surface area contributed by atoms with Crippen LogP contribution in [0, 0.1) is 12.7 Å². The predicted molar refractivity (Wildman–Crippen MR) is 98.3 cm³/mol. The molecular formula is C21H26FNO. The monoisotopic (exact) mass is 327 g/mol. The topological polar surface area (TPSA) is 33.1 Å². The minimum atomic E-state index is -0.262. The van der Waals surface area contributed by atoms with Gasteiger partial charge in [-0.25, -0.2) is 4.39 Å². The highest BCUT2D eigenvalue weighted by Crippen LogP contribution is 2.35. The van der Waals surface area contributed by atoms with Crippen molar-refractivity contribution in [3.05, 3.63) is 58.7 Å². The van der Waals surface area contributed by atoms with Crippen molar-refractivity contribution >= 4 is 6.08 Å². The highest BCUT2D eigenvalue weighted by Gasteiger charge is 2.19. The smallest absolute Gasteiger partial charge is 0.123 e. The largest absolute Gasteiger partial charge is 0.392 e. The molecule has 24 heavy (non-hydrogen) atoms. The van der Waals surface area contributed by atoms with E-state index in [9.17, 15) is 9.50 Å². The molecule has 0 aliphatic rings. The summed E-state index contributed by atoms with van der Waals surface area (Å²) >= 11 is 0. The highest BCUT2D eigenvalue weighted by atomic mass is 19.1. The lowest BCUT2D eigenvalue weighted by Crippen LogP contribution is -2.07. The number of aryl methyl sites for hydroxylation is 1. The molecule has 0 radical (unpaired) electrons. The second-order valence-corrected chi connectivity index (χ2v) is 6.36. The molecule has 2 rings (SSSR count). The molecule has 0 amide bonds. The Balaban J connectivity index is 2.76. The molecule has 0 fully saturated rings. The predicted octanol–water partition coefficient (Wildman–Crippen LogP) is 5.63. The molecule has 0 unspecified atom stereocenters. The zero-order valence-electron chi connectivity index (χ0n) is 14.9. The Hall–Kier alpha value is -2.00. The summed E-state index contributed by atoms with van der Waals surface area (Å²) in [4.78, 5) is 4.74. The van der Waals surface area contributed by atoms with E-state index >= 15 is 0 Å². The van der Waals surface area contributed by atoms with Gasteiger partial charge in [0.1, 0.15) is 5.82 Å². The average molecular weight is 327 g/mol. The summed E-state index contributed by atoms with van der Waals surface area (Å²) in [6.45, 7) is 8.19. The number of hydrogen-bond donors (Lipinski definition) is 1. The van der Waals surface area contributed by atoms with Gasteiger partial charge in [-0.2, -0.15) is 0 Å². The molecule has 1 heterocycles. The molecule has 2 nitrogen and oxygen atoms in total. The van der Waals surface area contributed by atoms with Crippen molar-refractivity contribution < 1.29 is 9.50 Å². The molecule has 2 aromatic rings. The van der Waals surface area contributed by atoms with Crippen LogP contribution in [0.4, 0.5) is 4.39 Å². The summed E-state index contributed by atoms with van der Waals surface area (Å²) < 4.78 is 13.3. The first-order valence-electron chi connectivity index (χ1n) is 8.56. The maximum absolute atomic E-state index is 13.3. The number of aliphatic hydroxyl groups excluding tert-OH is 1. The van der Waals surface area contributed by atoms with E-state index in [0.29, 0.717) is 0 Å². The van der Waals surface area contributed by atoms with E-state index in [1.54, 1.807) is 12.1 Å². The quantitative estimate of drug-likeness (QED) is 0.746. The number of aromatic nitrogens is 1. The van der Waals surface area contributed by atoms with Gasteiger partial charge in [0.25, 0.3) is 0 Å². The standard InChI is InChI=1S/C21H26FNO/c1-5-6-7-8-18-15(4)23-21(14(2)3)19(13-24)20(18)16-9-11-17(22)12-10-16/h7-12,14,24H,5-6,13H2,1-4H3/b8-7+. The Bertz CT molecular complexity index is 718. The minimum Gasteiger partial charge on any atom is -0.392 e. The molecule has 0 saturated carbocycles. The molecule has 0 atom stereocenters. The molecule has 0 saturated heterocycles. The lowest BCUT2D eigenvalue weighted by atomic mass is 9.89. The fourth-order valence-corrected chi connectivity index (χ4v) is 2.94. The van der Waals surface area contributed by atoms with Gasteiger partial charge < -0.3 is 5.11 Å². The van der Waals surface area contributed by atoms with Crippen LogP contribution >= 0.6 is 0 Å². The first-order chi connectivity index (χ1) is 11.5. The van der Waals surface area contributed by atoms with E-state index in [1.165, 1.54) is 12.1 Å². The highest BCUT2D eigenvalue weighted by molar-refractivity contribution is 5.79. The van der Waals surface area contributed by atoms with Gasteiger partial charge in [-0.1, -0.05) is 51.5 Å². The third-order valence-corrected chi connectivity index (χ3v) is 4.14. The Morgan fingerprint density at radius 1 is 1.21 bits per heavy atom. The first-order valence-corrected chi connectivity index (χ1v) is 8.56. The zero-order valence-corrected chi connectivity index (χ0v) is 14.9. The second-order valence-electron chi connectivity index (χ2n) is 6.36. The van der Waals surface area contributed by atoms with Crippen molar-refractivity contribution in [2.24, 2.45) is 0 Å². The maximum atomic E-state index is 13.3. The SMILES string of the molecule is CCC/C=C/c1c(C)nc(C(C)C)c(CO)c1-c1ccc(F)cc1. The summed E-state index contributed by atoms with van der Waals surface area (Å²) in [7, 11) is 0. The summed E-state index contributed by atoms with van der Waals surface area (Å²) in [6, 6.07) is 6.46. The van der Waals surface area contributed by atoms with E-state index in [1.807, 2.05) is 6.92 Å². The molecule has 0 aliphatic carbocycles. The number of halogens is 1. The van der Waals surface area contributed by atoms with Crippen LogP contribution in [0.3, 0.4) is 0 Å². The summed E-state index contributed by atoms with van der Waals surface area (Å²) in [5.74, 6) is -0.0547. The normalized spacial score (nSPS) is 11.6. The Kier molecular flexibility index (Phi) is 6.27. The lowest BCUT2D eigenvalue weighted by molar-refractivity contribution is 0.280. The molecule has 1 N–H and O–H groups in total. The number of pyridine rings is 1. The summed E-state index contributed by atoms with van der Waals surface area (Å²) in [5.41, 5.74) is 5.54. The van der Waals surface area contributed by atoms with Gasteiger partial charge in [0.05, 0.1) is 6.61 Å². The van der Waals surface area contributed by atoms with E-state index in [-0.39, 0.29) is 18.3 Å². The third-order valence-electron chi connectivity index (χ3n) is 4.14. The number of allylic oxidation sites excluding steroid dienone is 1. The third kappa shape index (κ3) is 3.90. The van der Waals surface area contributed by atoms with Gasteiger partial charge in [0.15, 0.2) is 0 Å². The van der Waals surface area contributed by atoms with E-state index in [0.717, 1.165) is 46.5 Å². The Morgan fingerprint density at radius 2 is 1.88 bits per heavy atom. The number of nitrogens with zero attached hydrogens (tertiary/aromatic N) is 1. The average Bonchev–Trinajstić information content (AvgIpc) is 2.56. The van der Waals surface area contributed by atoms with Crippen LogP contribution in [0.2, 0.25) is 0 Å². The first kappa shape index (κ1) is 18.3. The van der Waals surface area contributed by atoms with Crippen LogP contribution in [0.25, 0.3) is 17.2 Å². The van der Waals surface area contributed by atoms with Crippen molar-refractivity contribution in [2.45, 2.75) is 53.1 Å². The van der Waals surface area contributed by atoms with E-state index < -0.39 is 0 Å². The molecule has 128 valence electrons. The van der Waals surface area contributed by atoms with Crippen molar-refractivity contribution in [3.8, 4) is 11.1 Å². The molecular weight excluding hydrogens is 301 g/mol. The van der Waals surface area contributed by atoms with Crippen LogP contribution in [-0.2, 0) is 6.61 Å². The number of unbranched alkanes of at least 4 members (excludes halogenated alkanes) is 1. The fraction of sp³-hybridized carbons (Fsp3) is 0.381. The van der Waals surface area contributed by atoms with Crippen LogP contribution in [0.15, 0.2) is 30.3 Å². The zero-order chi connectivity index (χ0) is 17.7. The van der Waals surface area contributed by atoms with Gasteiger partial charge in [0, 0.05) is 22.5 Å². The van der Waals surface area contributed by atoms with Crippen molar-refractivity contribution in [1.82, 2.24) is 4.98 Å².